The first-order valence-corrected chi connectivity index (χ1v) is 5.59. The van der Waals surface area contributed by atoms with Crippen LogP contribution in [0.3, 0.4) is 0 Å². The number of nitrogens with zero attached hydrogens (tertiary/aromatic N) is 2. The second kappa shape index (κ2) is 4.77. The van der Waals surface area contributed by atoms with Crippen molar-refractivity contribution in [3.63, 3.8) is 0 Å². The lowest BCUT2D eigenvalue weighted by Gasteiger charge is -2.11. The summed E-state index contributed by atoms with van der Waals surface area (Å²) in [6, 6.07) is 1.86. The van der Waals surface area contributed by atoms with Crippen LogP contribution in [0, 0.1) is 5.92 Å². The van der Waals surface area contributed by atoms with Gasteiger partial charge in [-0.05, 0) is 25.4 Å². The molecule has 1 aliphatic heterocycles. The fourth-order valence-corrected chi connectivity index (χ4v) is 2.18. The minimum absolute atomic E-state index is 0.0325. The Morgan fingerprint density at radius 1 is 1.67 bits per heavy atom. The van der Waals surface area contributed by atoms with Gasteiger partial charge in [-0.3, -0.25) is 0 Å². The molecule has 4 nitrogen and oxygen atoms in total. The van der Waals surface area contributed by atoms with Gasteiger partial charge in [0.25, 0.3) is 0 Å². The van der Waals surface area contributed by atoms with Gasteiger partial charge in [0.15, 0.2) is 0 Å². The van der Waals surface area contributed by atoms with Crippen molar-refractivity contribution in [1.82, 2.24) is 10.1 Å². The molecule has 1 atom stereocenters. The third-order valence-corrected chi connectivity index (χ3v) is 3.08. The molecule has 0 aliphatic carbocycles. The Balaban J connectivity index is 1.87. The van der Waals surface area contributed by atoms with E-state index in [9.17, 15) is 0 Å². The summed E-state index contributed by atoms with van der Waals surface area (Å²) in [7, 11) is 0. The summed E-state index contributed by atoms with van der Waals surface area (Å²) < 4.78 is 5.16. The van der Waals surface area contributed by atoms with E-state index in [0.29, 0.717) is 11.6 Å². The van der Waals surface area contributed by atoms with Gasteiger partial charge in [-0.2, -0.15) is 0 Å². The van der Waals surface area contributed by atoms with Gasteiger partial charge in [0.05, 0.1) is 6.61 Å². The minimum Gasteiger partial charge on any atom is -0.390 e. The van der Waals surface area contributed by atoms with Gasteiger partial charge in [0.2, 0.25) is 0 Å². The lowest BCUT2D eigenvalue weighted by atomic mass is 10.0. The Hall–Kier alpha value is -0.870. The van der Waals surface area contributed by atoms with Crippen LogP contribution < -0.4 is 0 Å². The summed E-state index contributed by atoms with van der Waals surface area (Å²) in [5, 5.41) is 12.6. The molecule has 0 aromatic carbocycles. The SMILES string of the molecule is CCN1CCC(Cc2cc(CO)no2)C1. The zero-order valence-electron chi connectivity index (χ0n) is 9.15. The Kier molecular flexibility index (Phi) is 3.38. The second-order valence-electron chi connectivity index (χ2n) is 4.19. The summed E-state index contributed by atoms with van der Waals surface area (Å²) in [5.41, 5.74) is 0.635. The van der Waals surface area contributed by atoms with Crippen molar-refractivity contribution in [3.8, 4) is 0 Å². The van der Waals surface area contributed by atoms with E-state index in [1.165, 1.54) is 13.0 Å². The highest BCUT2D eigenvalue weighted by Crippen LogP contribution is 2.20. The molecular formula is C11H18N2O2. The molecule has 1 aliphatic rings. The fraction of sp³-hybridized carbons (Fsp3) is 0.727. The van der Waals surface area contributed by atoms with Crippen molar-refractivity contribution in [1.29, 1.82) is 0 Å². The van der Waals surface area contributed by atoms with Crippen LogP contribution in [-0.4, -0.2) is 34.8 Å². The van der Waals surface area contributed by atoms with E-state index >= 15 is 0 Å². The van der Waals surface area contributed by atoms with Crippen LogP contribution in [-0.2, 0) is 13.0 Å². The monoisotopic (exact) mass is 210 g/mol. The largest absolute Gasteiger partial charge is 0.390 e. The van der Waals surface area contributed by atoms with E-state index in [4.69, 9.17) is 9.63 Å². The minimum atomic E-state index is -0.0325. The smallest absolute Gasteiger partial charge is 0.137 e. The number of aliphatic hydroxyl groups is 1. The number of rotatable bonds is 4. The summed E-state index contributed by atoms with van der Waals surface area (Å²) >= 11 is 0. The Labute approximate surface area is 89.9 Å². The van der Waals surface area contributed by atoms with Crippen molar-refractivity contribution >= 4 is 0 Å². The molecule has 0 bridgehead atoms. The van der Waals surface area contributed by atoms with Crippen LogP contribution >= 0.6 is 0 Å². The first kappa shape index (κ1) is 10.6. The molecule has 0 spiro atoms. The van der Waals surface area contributed by atoms with Crippen molar-refractivity contribution in [2.45, 2.75) is 26.4 Å². The molecular weight excluding hydrogens is 192 g/mol. The van der Waals surface area contributed by atoms with Crippen molar-refractivity contribution in [3.05, 3.63) is 17.5 Å². The van der Waals surface area contributed by atoms with E-state index in [2.05, 4.69) is 17.0 Å². The quantitative estimate of drug-likeness (QED) is 0.807. The number of hydrogen-bond donors (Lipinski definition) is 1. The van der Waals surface area contributed by atoms with Crippen LogP contribution in [0.2, 0.25) is 0 Å². The van der Waals surface area contributed by atoms with Gasteiger partial charge in [0.1, 0.15) is 11.5 Å². The first-order chi connectivity index (χ1) is 7.31. The number of aliphatic hydroxyl groups excluding tert-OH is 1. The second-order valence-corrected chi connectivity index (χ2v) is 4.19. The highest BCUT2D eigenvalue weighted by atomic mass is 16.5. The lowest BCUT2D eigenvalue weighted by Crippen LogP contribution is -2.20. The van der Waals surface area contributed by atoms with Crippen molar-refractivity contribution < 1.29 is 9.63 Å². The molecule has 2 rings (SSSR count). The van der Waals surface area contributed by atoms with Crippen LogP contribution in [0.4, 0.5) is 0 Å². The van der Waals surface area contributed by atoms with Gasteiger partial charge in [0, 0.05) is 19.0 Å². The van der Waals surface area contributed by atoms with E-state index in [0.717, 1.165) is 25.3 Å². The van der Waals surface area contributed by atoms with E-state index in [-0.39, 0.29) is 6.61 Å². The maximum absolute atomic E-state index is 8.86. The Morgan fingerprint density at radius 2 is 2.53 bits per heavy atom. The molecule has 2 heterocycles. The van der Waals surface area contributed by atoms with Crippen LogP contribution in [0.1, 0.15) is 24.8 Å². The molecule has 0 saturated carbocycles. The summed E-state index contributed by atoms with van der Waals surface area (Å²) in [5.74, 6) is 1.59. The number of likely N-dealkylation sites (tertiary alicyclic amines) is 1. The molecule has 1 fully saturated rings. The summed E-state index contributed by atoms with van der Waals surface area (Å²) in [4.78, 5) is 2.45. The van der Waals surface area contributed by atoms with E-state index < -0.39 is 0 Å². The zero-order valence-corrected chi connectivity index (χ0v) is 9.15. The third-order valence-electron chi connectivity index (χ3n) is 3.08. The predicted octanol–water partition coefficient (Wildman–Crippen LogP) is 1.05. The highest BCUT2D eigenvalue weighted by Gasteiger charge is 2.22. The number of hydrogen-bond acceptors (Lipinski definition) is 4. The number of aromatic nitrogens is 1. The van der Waals surface area contributed by atoms with Gasteiger partial charge < -0.3 is 14.5 Å². The van der Waals surface area contributed by atoms with Gasteiger partial charge in [-0.25, -0.2) is 0 Å². The molecule has 0 amide bonds. The maximum atomic E-state index is 8.86. The van der Waals surface area contributed by atoms with Gasteiger partial charge in [-0.15, -0.1) is 0 Å². The van der Waals surface area contributed by atoms with Crippen LogP contribution in [0.15, 0.2) is 10.6 Å². The van der Waals surface area contributed by atoms with Gasteiger partial charge >= 0.3 is 0 Å². The van der Waals surface area contributed by atoms with E-state index in [1.54, 1.807) is 0 Å². The molecule has 1 N–H and O–H groups in total. The standard InChI is InChI=1S/C11H18N2O2/c1-2-13-4-3-9(7-13)5-11-6-10(8-14)12-15-11/h6,9,14H,2-5,7-8H2,1H3. The lowest BCUT2D eigenvalue weighted by molar-refractivity contribution is 0.264. The molecule has 1 aromatic rings. The Bertz CT molecular complexity index is 311. The zero-order chi connectivity index (χ0) is 10.7. The van der Waals surface area contributed by atoms with E-state index in [1.807, 2.05) is 6.07 Å². The normalized spacial score (nSPS) is 22.4. The maximum Gasteiger partial charge on any atom is 0.137 e. The predicted molar refractivity (Wildman–Crippen MR) is 56.4 cm³/mol. The summed E-state index contributed by atoms with van der Waals surface area (Å²) in [6.07, 6.45) is 2.19. The Morgan fingerprint density at radius 3 is 3.13 bits per heavy atom. The molecule has 0 radical (unpaired) electrons. The van der Waals surface area contributed by atoms with Crippen LogP contribution in [0.25, 0.3) is 0 Å². The molecule has 15 heavy (non-hydrogen) atoms. The molecule has 1 unspecified atom stereocenters. The molecule has 1 aromatic heterocycles. The topological polar surface area (TPSA) is 49.5 Å². The molecule has 84 valence electrons. The van der Waals surface area contributed by atoms with Gasteiger partial charge in [-0.1, -0.05) is 12.1 Å². The average molecular weight is 210 g/mol. The van der Waals surface area contributed by atoms with Crippen molar-refractivity contribution in [2.24, 2.45) is 5.92 Å². The molecule has 4 heteroatoms. The fourth-order valence-electron chi connectivity index (χ4n) is 2.18. The van der Waals surface area contributed by atoms with Crippen LogP contribution in [0.5, 0.6) is 0 Å². The first-order valence-electron chi connectivity index (χ1n) is 5.59. The van der Waals surface area contributed by atoms with Crippen molar-refractivity contribution in [2.75, 3.05) is 19.6 Å². The summed E-state index contributed by atoms with van der Waals surface area (Å²) in [6.45, 7) is 5.65. The molecule has 1 saturated heterocycles. The highest BCUT2D eigenvalue weighted by molar-refractivity contribution is 5.05. The average Bonchev–Trinajstić information content (AvgIpc) is 2.87. The third kappa shape index (κ3) is 2.58.